The Labute approximate surface area is 153 Å². The minimum absolute atomic E-state index is 0.106. The van der Waals surface area contributed by atoms with E-state index in [9.17, 15) is 8.42 Å². The van der Waals surface area contributed by atoms with Gasteiger partial charge in [0.1, 0.15) is 0 Å². The molecule has 0 spiro atoms. The van der Waals surface area contributed by atoms with E-state index in [0.29, 0.717) is 0 Å². The van der Waals surface area contributed by atoms with Crippen LogP contribution in [0.25, 0.3) is 11.3 Å². The standard InChI is InChI=1S/C17H15BrN2O2S2/c1-11-17(13-4-8-15(9-5-13)24(19,21)22)20-16(23-11)10-12-2-6-14(18)7-3-12/h2-9H,10H2,1H3,(H2,19,21,22). The Morgan fingerprint density at radius 2 is 1.71 bits per heavy atom. The maximum absolute atomic E-state index is 11.3. The van der Waals surface area contributed by atoms with E-state index in [1.165, 1.54) is 17.7 Å². The third kappa shape index (κ3) is 3.92. The molecule has 24 heavy (non-hydrogen) atoms. The maximum atomic E-state index is 11.3. The average molecular weight is 423 g/mol. The second kappa shape index (κ2) is 6.76. The molecule has 0 saturated carbocycles. The lowest BCUT2D eigenvalue weighted by atomic mass is 10.1. The first-order chi connectivity index (χ1) is 11.3. The van der Waals surface area contributed by atoms with Crippen LogP contribution in [0.4, 0.5) is 0 Å². The fourth-order valence-electron chi connectivity index (χ4n) is 2.37. The second-order valence-electron chi connectivity index (χ2n) is 5.39. The van der Waals surface area contributed by atoms with Crippen molar-refractivity contribution in [2.75, 3.05) is 0 Å². The zero-order valence-corrected chi connectivity index (χ0v) is 16.1. The molecule has 1 aromatic heterocycles. The average Bonchev–Trinajstić information content (AvgIpc) is 2.89. The van der Waals surface area contributed by atoms with Crippen LogP contribution in [0.3, 0.4) is 0 Å². The molecule has 0 amide bonds. The van der Waals surface area contributed by atoms with Crippen molar-refractivity contribution < 1.29 is 8.42 Å². The van der Waals surface area contributed by atoms with Gasteiger partial charge in [-0.25, -0.2) is 18.5 Å². The number of hydrogen-bond donors (Lipinski definition) is 1. The first kappa shape index (κ1) is 17.3. The summed E-state index contributed by atoms with van der Waals surface area (Å²) in [5.41, 5.74) is 2.97. The molecule has 3 rings (SSSR count). The number of thiazole rings is 1. The number of aromatic nitrogens is 1. The molecule has 0 atom stereocenters. The number of benzene rings is 2. The topological polar surface area (TPSA) is 73.0 Å². The zero-order chi connectivity index (χ0) is 17.3. The molecular weight excluding hydrogens is 408 g/mol. The van der Waals surface area contributed by atoms with Gasteiger partial charge in [-0.2, -0.15) is 0 Å². The van der Waals surface area contributed by atoms with Crippen molar-refractivity contribution >= 4 is 37.3 Å². The predicted molar refractivity (Wildman–Crippen MR) is 101 cm³/mol. The Bertz CT molecular complexity index is 963. The summed E-state index contributed by atoms with van der Waals surface area (Å²) in [6.07, 6.45) is 0.772. The Balaban J connectivity index is 1.87. The van der Waals surface area contributed by atoms with E-state index in [4.69, 9.17) is 10.1 Å². The number of nitrogens with two attached hydrogens (primary N) is 1. The lowest BCUT2D eigenvalue weighted by molar-refractivity contribution is 0.598. The van der Waals surface area contributed by atoms with Gasteiger partial charge in [0, 0.05) is 21.3 Å². The summed E-state index contributed by atoms with van der Waals surface area (Å²) in [6.45, 7) is 2.02. The minimum atomic E-state index is -3.67. The summed E-state index contributed by atoms with van der Waals surface area (Å²) in [5, 5.41) is 6.16. The van der Waals surface area contributed by atoms with E-state index in [-0.39, 0.29) is 4.90 Å². The van der Waals surface area contributed by atoms with Crippen molar-refractivity contribution in [2.45, 2.75) is 18.2 Å². The number of sulfonamides is 1. The van der Waals surface area contributed by atoms with E-state index in [0.717, 1.165) is 32.0 Å². The quantitative estimate of drug-likeness (QED) is 0.686. The molecular formula is C17H15BrN2O2S2. The van der Waals surface area contributed by atoms with Crippen molar-refractivity contribution in [1.29, 1.82) is 0 Å². The van der Waals surface area contributed by atoms with Gasteiger partial charge in [-0.3, -0.25) is 0 Å². The molecule has 0 unspecified atom stereocenters. The number of rotatable bonds is 4. The van der Waals surface area contributed by atoms with Crippen LogP contribution < -0.4 is 5.14 Å². The molecule has 7 heteroatoms. The molecule has 0 saturated heterocycles. The molecule has 1 heterocycles. The number of nitrogens with zero attached hydrogens (tertiary/aromatic N) is 1. The number of aryl methyl sites for hydroxylation is 1. The SMILES string of the molecule is Cc1sc(Cc2ccc(Br)cc2)nc1-c1ccc(S(N)(=O)=O)cc1. The number of halogens is 1. The van der Waals surface area contributed by atoms with Crippen molar-refractivity contribution in [1.82, 2.24) is 4.98 Å². The molecule has 124 valence electrons. The highest BCUT2D eigenvalue weighted by molar-refractivity contribution is 9.10. The molecule has 3 aromatic rings. The van der Waals surface area contributed by atoms with E-state index in [2.05, 4.69) is 28.1 Å². The Hall–Kier alpha value is -1.54. The molecule has 2 N–H and O–H groups in total. The summed E-state index contributed by atoms with van der Waals surface area (Å²) in [4.78, 5) is 5.92. The Kier molecular flexibility index (Phi) is 4.87. The Morgan fingerprint density at radius 3 is 2.29 bits per heavy atom. The molecule has 0 aliphatic carbocycles. The van der Waals surface area contributed by atoms with Crippen molar-refractivity contribution in [3.8, 4) is 11.3 Å². The highest BCUT2D eigenvalue weighted by Gasteiger charge is 2.12. The summed E-state index contributed by atoms with van der Waals surface area (Å²) in [5.74, 6) is 0. The highest BCUT2D eigenvalue weighted by Crippen LogP contribution is 2.29. The zero-order valence-electron chi connectivity index (χ0n) is 12.9. The van der Waals surface area contributed by atoms with Gasteiger partial charge in [0.25, 0.3) is 0 Å². The van der Waals surface area contributed by atoms with Gasteiger partial charge in [0.15, 0.2) is 0 Å². The third-order valence-electron chi connectivity index (χ3n) is 3.57. The van der Waals surface area contributed by atoms with Gasteiger partial charge in [-0.05, 0) is 36.8 Å². The first-order valence-electron chi connectivity index (χ1n) is 7.17. The summed E-state index contributed by atoms with van der Waals surface area (Å²) in [7, 11) is -3.67. The van der Waals surface area contributed by atoms with Crippen molar-refractivity contribution in [3.05, 3.63) is 68.5 Å². The van der Waals surface area contributed by atoms with Crippen LogP contribution in [0, 0.1) is 6.92 Å². The number of hydrogen-bond acceptors (Lipinski definition) is 4. The highest BCUT2D eigenvalue weighted by atomic mass is 79.9. The largest absolute Gasteiger partial charge is 0.241 e. The normalized spacial score (nSPS) is 11.6. The molecule has 0 radical (unpaired) electrons. The monoisotopic (exact) mass is 422 g/mol. The minimum Gasteiger partial charge on any atom is -0.241 e. The number of primary sulfonamides is 1. The van der Waals surface area contributed by atoms with Crippen LogP contribution in [-0.2, 0) is 16.4 Å². The second-order valence-corrected chi connectivity index (χ2v) is 9.15. The first-order valence-corrected chi connectivity index (χ1v) is 10.3. The van der Waals surface area contributed by atoms with Crippen LogP contribution in [-0.4, -0.2) is 13.4 Å². The molecule has 0 aliphatic rings. The van der Waals surface area contributed by atoms with Crippen LogP contribution in [0.1, 0.15) is 15.4 Å². The Morgan fingerprint density at radius 1 is 1.08 bits per heavy atom. The predicted octanol–water partition coefficient (Wildman–Crippen LogP) is 4.12. The van der Waals surface area contributed by atoms with E-state index in [1.807, 2.05) is 19.1 Å². The van der Waals surface area contributed by atoms with Crippen LogP contribution in [0.2, 0.25) is 0 Å². The van der Waals surface area contributed by atoms with E-state index in [1.54, 1.807) is 23.5 Å². The third-order valence-corrected chi connectivity index (χ3v) is 5.99. The van der Waals surface area contributed by atoms with Gasteiger partial charge in [0.05, 0.1) is 15.6 Å². The molecule has 0 aliphatic heterocycles. The van der Waals surface area contributed by atoms with Crippen LogP contribution >= 0.6 is 27.3 Å². The summed E-state index contributed by atoms with van der Waals surface area (Å²) < 4.78 is 23.7. The molecule has 0 fully saturated rings. The molecule has 4 nitrogen and oxygen atoms in total. The smallest absolute Gasteiger partial charge is 0.238 e. The van der Waals surface area contributed by atoms with E-state index >= 15 is 0 Å². The maximum Gasteiger partial charge on any atom is 0.238 e. The van der Waals surface area contributed by atoms with Gasteiger partial charge >= 0.3 is 0 Å². The van der Waals surface area contributed by atoms with Crippen molar-refractivity contribution in [3.63, 3.8) is 0 Å². The fourth-order valence-corrected chi connectivity index (χ4v) is 4.14. The molecule has 0 bridgehead atoms. The van der Waals surface area contributed by atoms with Crippen molar-refractivity contribution in [2.24, 2.45) is 5.14 Å². The van der Waals surface area contributed by atoms with Gasteiger partial charge in [-0.15, -0.1) is 11.3 Å². The lowest BCUT2D eigenvalue weighted by Crippen LogP contribution is -2.11. The van der Waals surface area contributed by atoms with Crippen LogP contribution in [0.5, 0.6) is 0 Å². The van der Waals surface area contributed by atoms with Crippen LogP contribution in [0.15, 0.2) is 57.9 Å². The lowest BCUT2D eigenvalue weighted by Gasteiger charge is -2.01. The van der Waals surface area contributed by atoms with Gasteiger partial charge in [0.2, 0.25) is 10.0 Å². The van der Waals surface area contributed by atoms with Gasteiger partial charge in [-0.1, -0.05) is 40.2 Å². The van der Waals surface area contributed by atoms with E-state index < -0.39 is 10.0 Å². The summed E-state index contributed by atoms with van der Waals surface area (Å²) in [6, 6.07) is 14.7. The van der Waals surface area contributed by atoms with Gasteiger partial charge < -0.3 is 0 Å². The fraction of sp³-hybridized carbons (Fsp3) is 0.118. The molecule has 2 aromatic carbocycles. The summed E-state index contributed by atoms with van der Waals surface area (Å²) >= 11 is 5.08.